The van der Waals surface area contributed by atoms with E-state index in [1.165, 1.54) is 0 Å². The van der Waals surface area contributed by atoms with Crippen molar-refractivity contribution in [2.24, 2.45) is 0 Å². The number of aliphatic hydroxyl groups is 2. The molecule has 2 rings (SSSR count). The van der Waals surface area contributed by atoms with Gasteiger partial charge in [0.1, 0.15) is 18.0 Å². The molecule has 0 spiro atoms. The molecule has 2 N–H and O–H groups in total. The van der Waals surface area contributed by atoms with Crippen LogP contribution in [0.5, 0.6) is 5.75 Å². The van der Waals surface area contributed by atoms with Crippen molar-refractivity contribution >= 4 is 9.84 Å². The summed E-state index contributed by atoms with van der Waals surface area (Å²) in [7, 11) is -3.20. The van der Waals surface area contributed by atoms with Crippen molar-refractivity contribution in [3.05, 3.63) is 29.8 Å². The van der Waals surface area contributed by atoms with E-state index in [0.29, 0.717) is 5.75 Å². The summed E-state index contributed by atoms with van der Waals surface area (Å²) in [5.41, 5.74) is 0.752. The second-order valence-corrected chi connectivity index (χ2v) is 6.70. The topological polar surface area (TPSA) is 83.8 Å². The largest absolute Gasteiger partial charge is 0.487 e. The molecule has 5 nitrogen and oxygen atoms in total. The number of hydrogen-bond acceptors (Lipinski definition) is 5. The zero-order valence-corrected chi connectivity index (χ0v) is 10.8. The first kappa shape index (κ1) is 13.3. The minimum Gasteiger partial charge on any atom is -0.487 e. The minimum absolute atomic E-state index is 0.160. The molecule has 18 heavy (non-hydrogen) atoms. The maximum absolute atomic E-state index is 11.3. The van der Waals surface area contributed by atoms with Crippen LogP contribution in [0.1, 0.15) is 18.6 Å². The van der Waals surface area contributed by atoms with Crippen LogP contribution in [0.4, 0.5) is 0 Å². The maximum atomic E-state index is 11.3. The Kier molecular flexibility index (Phi) is 3.61. The predicted molar refractivity (Wildman–Crippen MR) is 66.2 cm³/mol. The maximum Gasteiger partial charge on any atom is 0.156 e. The zero-order valence-electron chi connectivity index (χ0n) is 9.98. The quantitative estimate of drug-likeness (QED) is 0.825. The van der Waals surface area contributed by atoms with Crippen LogP contribution in [-0.4, -0.2) is 42.3 Å². The Morgan fingerprint density at radius 2 is 1.89 bits per heavy atom. The van der Waals surface area contributed by atoms with Crippen LogP contribution in [0, 0.1) is 0 Å². The molecular formula is C12H16O5S. The van der Waals surface area contributed by atoms with Gasteiger partial charge in [-0.25, -0.2) is 8.42 Å². The fourth-order valence-electron chi connectivity index (χ4n) is 1.91. The molecule has 1 aliphatic rings. The molecule has 1 heterocycles. The molecule has 1 aromatic carbocycles. The molecule has 0 amide bonds. The summed E-state index contributed by atoms with van der Waals surface area (Å²) in [6.07, 6.45) is -2.25. The van der Waals surface area contributed by atoms with Gasteiger partial charge in [-0.15, -0.1) is 0 Å². The van der Waals surface area contributed by atoms with Gasteiger partial charge < -0.3 is 14.9 Å². The lowest BCUT2D eigenvalue weighted by atomic mass is 10.1. The van der Waals surface area contributed by atoms with Gasteiger partial charge in [-0.05, 0) is 24.6 Å². The van der Waals surface area contributed by atoms with Crippen LogP contribution >= 0.6 is 0 Å². The summed E-state index contributed by atoms with van der Waals surface area (Å²) in [4.78, 5) is 0. The number of benzene rings is 1. The molecule has 0 bridgehead atoms. The van der Waals surface area contributed by atoms with E-state index in [-0.39, 0.29) is 11.5 Å². The van der Waals surface area contributed by atoms with E-state index in [0.717, 1.165) is 5.56 Å². The predicted octanol–water partition coefficient (Wildman–Crippen LogP) is 0.277. The Labute approximate surface area is 106 Å². The van der Waals surface area contributed by atoms with Crippen molar-refractivity contribution in [3.63, 3.8) is 0 Å². The number of ether oxygens (including phenoxy) is 1. The van der Waals surface area contributed by atoms with E-state index in [4.69, 9.17) is 4.74 Å². The highest BCUT2D eigenvalue weighted by molar-refractivity contribution is 7.91. The molecule has 1 saturated heterocycles. The molecule has 1 fully saturated rings. The third kappa shape index (κ3) is 3.01. The Balaban J connectivity index is 2.06. The smallest absolute Gasteiger partial charge is 0.156 e. The van der Waals surface area contributed by atoms with E-state index in [1.807, 2.05) is 0 Å². The Morgan fingerprint density at radius 3 is 2.33 bits per heavy atom. The van der Waals surface area contributed by atoms with Crippen LogP contribution in [0.2, 0.25) is 0 Å². The van der Waals surface area contributed by atoms with Gasteiger partial charge in [0, 0.05) is 0 Å². The molecular weight excluding hydrogens is 256 g/mol. The summed E-state index contributed by atoms with van der Waals surface area (Å²) < 4.78 is 28.1. The van der Waals surface area contributed by atoms with Crippen molar-refractivity contribution < 1.29 is 23.4 Å². The van der Waals surface area contributed by atoms with Crippen molar-refractivity contribution in [2.75, 3.05) is 11.5 Å². The first-order chi connectivity index (χ1) is 8.37. The van der Waals surface area contributed by atoms with Crippen LogP contribution < -0.4 is 4.74 Å². The van der Waals surface area contributed by atoms with Gasteiger partial charge >= 0.3 is 0 Å². The van der Waals surface area contributed by atoms with E-state index >= 15 is 0 Å². The highest BCUT2D eigenvalue weighted by Crippen LogP contribution is 2.22. The fraction of sp³-hybridized carbons (Fsp3) is 0.500. The lowest BCUT2D eigenvalue weighted by Crippen LogP contribution is -2.29. The summed E-state index contributed by atoms with van der Waals surface area (Å²) in [6, 6.07) is 6.71. The summed E-state index contributed by atoms with van der Waals surface area (Å²) in [6.45, 7) is 1.66. The van der Waals surface area contributed by atoms with E-state index < -0.39 is 28.1 Å². The Hall–Kier alpha value is -1.11. The minimum atomic E-state index is -3.20. The SMILES string of the molecule is C[C@@H](O)c1ccc(OC2CS(=O)(=O)CC2O)cc1. The number of aliphatic hydroxyl groups excluding tert-OH is 2. The number of hydrogen-bond donors (Lipinski definition) is 2. The van der Waals surface area contributed by atoms with E-state index in [2.05, 4.69) is 0 Å². The van der Waals surface area contributed by atoms with Crippen molar-refractivity contribution in [2.45, 2.75) is 25.2 Å². The van der Waals surface area contributed by atoms with Gasteiger partial charge in [-0.1, -0.05) is 12.1 Å². The van der Waals surface area contributed by atoms with Crippen molar-refractivity contribution in [1.82, 2.24) is 0 Å². The van der Waals surface area contributed by atoms with Gasteiger partial charge in [0.25, 0.3) is 0 Å². The molecule has 3 atom stereocenters. The number of sulfone groups is 1. The van der Waals surface area contributed by atoms with Crippen LogP contribution in [0.3, 0.4) is 0 Å². The third-order valence-electron chi connectivity index (χ3n) is 2.92. The lowest BCUT2D eigenvalue weighted by Gasteiger charge is -2.16. The molecule has 2 unspecified atom stereocenters. The fourth-order valence-corrected chi connectivity index (χ4v) is 3.57. The summed E-state index contributed by atoms with van der Waals surface area (Å²) in [5.74, 6) is 0.0796. The second-order valence-electron chi connectivity index (χ2n) is 4.55. The molecule has 100 valence electrons. The first-order valence-corrected chi connectivity index (χ1v) is 7.53. The van der Waals surface area contributed by atoms with Gasteiger partial charge in [0.15, 0.2) is 9.84 Å². The summed E-state index contributed by atoms with van der Waals surface area (Å²) >= 11 is 0. The third-order valence-corrected chi connectivity index (χ3v) is 4.61. The monoisotopic (exact) mass is 272 g/mol. The average molecular weight is 272 g/mol. The van der Waals surface area contributed by atoms with Crippen LogP contribution in [-0.2, 0) is 9.84 Å². The van der Waals surface area contributed by atoms with Gasteiger partial charge in [-0.2, -0.15) is 0 Å². The second kappa shape index (κ2) is 4.87. The molecule has 0 radical (unpaired) electrons. The van der Waals surface area contributed by atoms with Gasteiger partial charge in [0.05, 0.1) is 17.6 Å². The molecule has 6 heteroatoms. The van der Waals surface area contributed by atoms with Gasteiger partial charge in [0.2, 0.25) is 0 Å². The molecule has 0 aliphatic carbocycles. The Morgan fingerprint density at radius 1 is 1.28 bits per heavy atom. The highest BCUT2D eigenvalue weighted by atomic mass is 32.2. The van der Waals surface area contributed by atoms with Crippen molar-refractivity contribution in [3.8, 4) is 5.75 Å². The zero-order chi connectivity index (χ0) is 13.3. The standard InChI is InChI=1S/C12H16O5S/c1-8(13)9-2-4-10(5-3-9)17-12-7-18(15,16)6-11(12)14/h2-5,8,11-14H,6-7H2,1H3/t8-,11?,12?/m1/s1. The first-order valence-electron chi connectivity index (χ1n) is 5.70. The summed E-state index contributed by atoms with van der Waals surface area (Å²) in [5, 5.41) is 18.9. The van der Waals surface area contributed by atoms with E-state index in [9.17, 15) is 18.6 Å². The van der Waals surface area contributed by atoms with Crippen LogP contribution in [0.25, 0.3) is 0 Å². The average Bonchev–Trinajstić information content (AvgIpc) is 2.52. The molecule has 0 saturated carbocycles. The normalized spacial score (nSPS) is 27.9. The number of rotatable bonds is 3. The van der Waals surface area contributed by atoms with Gasteiger partial charge in [-0.3, -0.25) is 0 Å². The lowest BCUT2D eigenvalue weighted by molar-refractivity contribution is 0.0737. The molecule has 1 aromatic rings. The van der Waals surface area contributed by atoms with E-state index in [1.54, 1.807) is 31.2 Å². The van der Waals surface area contributed by atoms with Crippen LogP contribution in [0.15, 0.2) is 24.3 Å². The molecule has 1 aliphatic heterocycles. The highest BCUT2D eigenvalue weighted by Gasteiger charge is 2.38. The molecule has 0 aromatic heterocycles. The Bertz CT molecular complexity index is 506. The van der Waals surface area contributed by atoms with Crippen molar-refractivity contribution in [1.29, 1.82) is 0 Å².